The van der Waals surface area contributed by atoms with Crippen LogP contribution < -0.4 is 11.1 Å². The fourth-order valence-corrected chi connectivity index (χ4v) is 2.20. The Morgan fingerprint density at radius 1 is 1.15 bits per heavy atom. The van der Waals surface area contributed by atoms with E-state index in [1.54, 1.807) is 44.6 Å². The molecule has 0 radical (unpaired) electrons. The molecule has 1 atom stereocenters. The molecule has 5 nitrogen and oxygen atoms in total. The highest BCUT2D eigenvalue weighted by atomic mass is 16.3. The summed E-state index contributed by atoms with van der Waals surface area (Å²) in [4.78, 5) is 23.4. The van der Waals surface area contributed by atoms with Crippen LogP contribution in [0.5, 0.6) is 0 Å². The van der Waals surface area contributed by atoms with Crippen LogP contribution in [0.15, 0.2) is 46.1 Å². The molecule has 20 heavy (non-hydrogen) atoms. The van der Waals surface area contributed by atoms with E-state index in [0.29, 0.717) is 24.1 Å². The third kappa shape index (κ3) is 2.88. The first-order valence-electron chi connectivity index (χ1n) is 6.49. The van der Waals surface area contributed by atoms with Gasteiger partial charge in [0, 0.05) is 37.6 Å². The van der Waals surface area contributed by atoms with Crippen LogP contribution in [0.25, 0.3) is 0 Å². The summed E-state index contributed by atoms with van der Waals surface area (Å²) in [5.74, 6) is 0. The summed E-state index contributed by atoms with van der Waals surface area (Å²) < 4.78 is 2.94. The Labute approximate surface area is 116 Å². The van der Waals surface area contributed by atoms with E-state index in [1.165, 1.54) is 15.2 Å². The minimum absolute atomic E-state index is 0.0540. The lowest BCUT2D eigenvalue weighted by atomic mass is 10.1. The van der Waals surface area contributed by atoms with E-state index in [4.69, 9.17) is 0 Å². The summed E-state index contributed by atoms with van der Waals surface area (Å²) in [6, 6.07) is 8.36. The molecule has 0 saturated carbocycles. The fourth-order valence-electron chi connectivity index (χ4n) is 2.20. The van der Waals surface area contributed by atoms with Crippen molar-refractivity contribution in [2.24, 2.45) is 14.1 Å². The zero-order valence-corrected chi connectivity index (χ0v) is 11.6. The maximum Gasteiger partial charge on any atom is 0.253 e. The molecular weight excluding hydrogens is 256 g/mol. The molecule has 0 aliphatic rings. The molecule has 106 valence electrons. The highest BCUT2D eigenvalue weighted by Gasteiger charge is 2.12. The van der Waals surface area contributed by atoms with Crippen LogP contribution >= 0.6 is 0 Å². The number of aromatic nitrogens is 2. The number of hydrogen-bond donors (Lipinski definition) is 1. The molecule has 0 fully saturated rings. The van der Waals surface area contributed by atoms with Crippen LogP contribution in [0.3, 0.4) is 0 Å². The van der Waals surface area contributed by atoms with Gasteiger partial charge >= 0.3 is 0 Å². The minimum Gasteiger partial charge on any atom is -0.387 e. The Morgan fingerprint density at radius 3 is 2.65 bits per heavy atom. The fraction of sp³-hybridized carbons (Fsp3) is 0.333. The first-order chi connectivity index (χ1) is 9.50. The number of pyridine rings is 2. The van der Waals surface area contributed by atoms with Crippen LogP contribution in [-0.2, 0) is 20.5 Å². The third-order valence-corrected chi connectivity index (χ3v) is 3.45. The molecular formula is C15H18N2O3. The maximum absolute atomic E-state index is 11.9. The SMILES string of the molecule is Cn1cccc(CCC(O)c2cccc(=O)n2C)c1=O. The summed E-state index contributed by atoms with van der Waals surface area (Å²) in [6.07, 6.45) is 1.80. The normalized spacial score (nSPS) is 12.3. The molecule has 2 aromatic heterocycles. The van der Waals surface area contributed by atoms with Gasteiger partial charge in [0.15, 0.2) is 0 Å². The van der Waals surface area contributed by atoms with E-state index in [-0.39, 0.29) is 11.1 Å². The van der Waals surface area contributed by atoms with Crippen molar-refractivity contribution in [3.63, 3.8) is 0 Å². The van der Waals surface area contributed by atoms with Gasteiger partial charge in [-0.25, -0.2) is 0 Å². The van der Waals surface area contributed by atoms with E-state index < -0.39 is 6.10 Å². The van der Waals surface area contributed by atoms with E-state index in [2.05, 4.69) is 0 Å². The van der Waals surface area contributed by atoms with Gasteiger partial charge in [0.1, 0.15) is 0 Å². The van der Waals surface area contributed by atoms with Crippen molar-refractivity contribution in [2.75, 3.05) is 0 Å². The molecule has 2 heterocycles. The molecule has 0 spiro atoms. The standard InChI is InChI=1S/C15H18N2O3/c1-16-10-4-5-11(15(16)20)8-9-13(18)12-6-3-7-14(19)17(12)2/h3-7,10,13,18H,8-9H2,1-2H3. The maximum atomic E-state index is 11.9. The lowest BCUT2D eigenvalue weighted by molar-refractivity contribution is 0.158. The number of aliphatic hydroxyl groups excluding tert-OH is 1. The van der Waals surface area contributed by atoms with E-state index >= 15 is 0 Å². The third-order valence-electron chi connectivity index (χ3n) is 3.45. The van der Waals surface area contributed by atoms with Gasteiger partial charge in [0.25, 0.3) is 11.1 Å². The topological polar surface area (TPSA) is 64.2 Å². The van der Waals surface area contributed by atoms with Crippen molar-refractivity contribution in [1.29, 1.82) is 0 Å². The summed E-state index contributed by atoms with van der Waals surface area (Å²) in [6.45, 7) is 0. The predicted octanol–water partition coefficient (Wildman–Crippen LogP) is 0.750. The quantitative estimate of drug-likeness (QED) is 0.895. The van der Waals surface area contributed by atoms with Gasteiger partial charge in [-0.3, -0.25) is 9.59 Å². The van der Waals surface area contributed by atoms with E-state index in [9.17, 15) is 14.7 Å². The Morgan fingerprint density at radius 2 is 1.90 bits per heavy atom. The molecule has 0 saturated heterocycles. The average Bonchev–Trinajstić information content (AvgIpc) is 2.43. The van der Waals surface area contributed by atoms with Crippen LogP contribution in [-0.4, -0.2) is 14.2 Å². The second-order valence-electron chi connectivity index (χ2n) is 4.85. The zero-order valence-electron chi connectivity index (χ0n) is 11.6. The smallest absolute Gasteiger partial charge is 0.253 e. The van der Waals surface area contributed by atoms with Crippen LogP contribution in [0.2, 0.25) is 0 Å². The van der Waals surface area contributed by atoms with Crippen molar-refractivity contribution in [3.05, 3.63) is 68.5 Å². The predicted molar refractivity (Wildman–Crippen MR) is 76.6 cm³/mol. The summed E-state index contributed by atoms with van der Waals surface area (Å²) in [5.41, 5.74) is 1.01. The molecule has 0 bridgehead atoms. The Kier molecular flexibility index (Phi) is 4.20. The molecule has 0 aromatic carbocycles. The van der Waals surface area contributed by atoms with Crippen LogP contribution in [0.4, 0.5) is 0 Å². The van der Waals surface area contributed by atoms with Crippen LogP contribution in [0.1, 0.15) is 23.8 Å². The first kappa shape index (κ1) is 14.3. The molecule has 2 aromatic rings. The summed E-state index contributed by atoms with van der Waals surface area (Å²) >= 11 is 0. The highest BCUT2D eigenvalue weighted by Crippen LogP contribution is 2.16. The highest BCUT2D eigenvalue weighted by molar-refractivity contribution is 5.13. The summed E-state index contributed by atoms with van der Waals surface area (Å²) in [5, 5.41) is 10.2. The molecule has 1 N–H and O–H groups in total. The number of hydrogen-bond acceptors (Lipinski definition) is 3. The molecule has 0 aliphatic carbocycles. The molecule has 2 rings (SSSR count). The minimum atomic E-state index is -0.765. The largest absolute Gasteiger partial charge is 0.387 e. The Bertz CT molecular complexity index is 716. The van der Waals surface area contributed by atoms with Crippen molar-refractivity contribution in [2.45, 2.75) is 18.9 Å². The second kappa shape index (κ2) is 5.88. The number of rotatable bonds is 4. The van der Waals surface area contributed by atoms with Gasteiger partial charge < -0.3 is 14.2 Å². The molecule has 0 aliphatic heterocycles. The van der Waals surface area contributed by atoms with Gasteiger partial charge in [-0.1, -0.05) is 12.1 Å². The van der Waals surface area contributed by atoms with Gasteiger partial charge in [-0.15, -0.1) is 0 Å². The molecule has 5 heteroatoms. The van der Waals surface area contributed by atoms with Gasteiger partial charge in [-0.05, 0) is 25.0 Å². The summed E-state index contributed by atoms with van der Waals surface area (Å²) in [7, 11) is 3.32. The molecule has 1 unspecified atom stereocenters. The zero-order chi connectivity index (χ0) is 14.7. The van der Waals surface area contributed by atoms with E-state index in [1.807, 2.05) is 0 Å². The average molecular weight is 274 g/mol. The monoisotopic (exact) mass is 274 g/mol. The lowest BCUT2D eigenvalue weighted by Crippen LogP contribution is -2.22. The Balaban J connectivity index is 2.15. The lowest BCUT2D eigenvalue weighted by Gasteiger charge is -2.14. The van der Waals surface area contributed by atoms with Gasteiger partial charge in [0.05, 0.1) is 6.10 Å². The van der Waals surface area contributed by atoms with E-state index in [0.717, 1.165) is 0 Å². The number of nitrogens with zero attached hydrogens (tertiary/aromatic N) is 2. The molecule has 0 amide bonds. The van der Waals surface area contributed by atoms with Gasteiger partial charge in [0.2, 0.25) is 0 Å². The van der Waals surface area contributed by atoms with Crippen molar-refractivity contribution >= 4 is 0 Å². The van der Waals surface area contributed by atoms with Crippen molar-refractivity contribution < 1.29 is 5.11 Å². The first-order valence-corrected chi connectivity index (χ1v) is 6.49. The number of aliphatic hydroxyl groups is 1. The van der Waals surface area contributed by atoms with Crippen LogP contribution in [0, 0.1) is 0 Å². The van der Waals surface area contributed by atoms with Crippen molar-refractivity contribution in [3.8, 4) is 0 Å². The van der Waals surface area contributed by atoms with Gasteiger partial charge in [-0.2, -0.15) is 0 Å². The Hall–Kier alpha value is -2.14. The second-order valence-corrected chi connectivity index (χ2v) is 4.85. The number of aryl methyl sites for hydroxylation is 2. The van der Waals surface area contributed by atoms with Crippen molar-refractivity contribution in [1.82, 2.24) is 9.13 Å².